The molecule has 1 amide bonds. The number of anilines is 1. The van der Waals surface area contributed by atoms with Crippen LogP contribution in [0.15, 0.2) is 18.2 Å². The first-order valence-corrected chi connectivity index (χ1v) is 4.50. The standard InChI is InChI=1S/C10H11F3N2O/c1-15(5-9(12)13)10(16)7-4-6(14)2-3-8(7)11/h2-4,9H,5,14H2,1H3. The average molecular weight is 232 g/mol. The van der Waals surface area contributed by atoms with Crippen molar-refractivity contribution >= 4 is 11.6 Å². The summed E-state index contributed by atoms with van der Waals surface area (Å²) in [5.74, 6) is -1.59. The first-order chi connectivity index (χ1) is 7.41. The molecular formula is C10H11F3N2O. The molecule has 0 radical (unpaired) electrons. The third-order valence-corrected chi connectivity index (χ3v) is 1.98. The van der Waals surface area contributed by atoms with Crippen LogP contribution in [-0.2, 0) is 0 Å². The van der Waals surface area contributed by atoms with Gasteiger partial charge in [-0.3, -0.25) is 4.79 Å². The Bertz CT molecular complexity index is 396. The lowest BCUT2D eigenvalue weighted by Crippen LogP contribution is -2.31. The minimum absolute atomic E-state index is 0.204. The van der Waals surface area contributed by atoms with Crippen LogP contribution in [0.4, 0.5) is 18.9 Å². The molecule has 0 bridgehead atoms. The van der Waals surface area contributed by atoms with Crippen LogP contribution in [0.5, 0.6) is 0 Å². The van der Waals surface area contributed by atoms with Gasteiger partial charge in [0.15, 0.2) is 0 Å². The summed E-state index contributed by atoms with van der Waals surface area (Å²) in [7, 11) is 1.18. The molecule has 0 fully saturated rings. The van der Waals surface area contributed by atoms with Crippen LogP contribution in [0.1, 0.15) is 10.4 Å². The maximum absolute atomic E-state index is 13.2. The molecule has 16 heavy (non-hydrogen) atoms. The van der Waals surface area contributed by atoms with Gasteiger partial charge in [-0.25, -0.2) is 13.2 Å². The largest absolute Gasteiger partial charge is 0.399 e. The number of rotatable bonds is 3. The topological polar surface area (TPSA) is 46.3 Å². The summed E-state index contributed by atoms with van der Waals surface area (Å²) in [4.78, 5) is 12.3. The van der Waals surface area contributed by atoms with Crippen molar-refractivity contribution in [2.45, 2.75) is 6.43 Å². The summed E-state index contributed by atoms with van der Waals surface area (Å²) < 4.78 is 37.3. The van der Waals surface area contributed by atoms with Gasteiger partial charge in [-0.1, -0.05) is 0 Å². The van der Waals surface area contributed by atoms with Crippen molar-refractivity contribution in [1.29, 1.82) is 0 Å². The molecule has 0 unspecified atom stereocenters. The number of carbonyl (C=O) groups excluding carboxylic acids is 1. The normalized spacial score (nSPS) is 10.6. The van der Waals surface area contributed by atoms with Crippen molar-refractivity contribution in [2.24, 2.45) is 0 Å². The fraction of sp³-hybridized carbons (Fsp3) is 0.300. The lowest BCUT2D eigenvalue weighted by atomic mass is 10.1. The molecule has 0 heterocycles. The number of alkyl halides is 2. The fourth-order valence-electron chi connectivity index (χ4n) is 1.20. The lowest BCUT2D eigenvalue weighted by Gasteiger charge is -2.16. The molecule has 1 rings (SSSR count). The van der Waals surface area contributed by atoms with Crippen LogP contribution in [0.2, 0.25) is 0 Å². The quantitative estimate of drug-likeness (QED) is 0.807. The van der Waals surface area contributed by atoms with Gasteiger partial charge in [0.2, 0.25) is 0 Å². The Balaban J connectivity index is 2.91. The molecule has 0 spiro atoms. The summed E-state index contributed by atoms with van der Waals surface area (Å²) in [6, 6.07) is 3.44. The molecule has 3 nitrogen and oxygen atoms in total. The number of nitrogen functional groups attached to an aromatic ring is 1. The molecule has 2 N–H and O–H groups in total. The number of amides is 1. The second kappa shape index (κ2) is 4.87. The van der Waals surface area contributed by atoms with E-state index < -0.39 is 24.7 Å². The molecule has 6 heteroatoms. The van der Waals surface area contributed by atoms with E-state index in [9.17, 15) is 18.0 Å². The number of halogens is 3. The monoisotopic (exact) mass is 232 g/mol. The summed E-state index contributed by atoms with van der Waals surface area (Å²) in [5.41, 5.74) is 5.28. The highest BCUT2D eigenvalue weighted by Crippen LogP contribution is 2.14. The van der Waals surface area contributed by atoms with Crippen LogP contribution < -0.4 is 5.73 Å². The fourth-order valence-corrected chi connectivity index (χ4v) is 1.20. The molecule has 0 aliphatic carbocycles. The van der Waals surface area contributed by atoms with Gasteiger partial charge in [0.1, 0.15) is 5.82 Å². The molecule has 0 saturated carbocycles. The van der Waals surface area contributed by atoms with E-state index in [1.165, 1.54) is 13.1 Å². The Kier molecular flexibility index (Phi) is 3.76. The van der Waals surface area contributed by atoms with Gasteiger partial charge >= 0.3 is 0 Å². The predicted molar refractivity (Wildman–Crippen MR) is 53.8 cm³/mol. The molecule has 0 atom stereocenters. The number of nitrogens with zero attached hydrogens (tertiary/aromatic N) is 1. The highest BCUT2D eigenvalue weighted by atomic mass is 19.3. The van der Waals surface area contributed by atoms with Crippen LogP contribution >= 0.6 is 0 Å². The van der Waals surface area contributed by atoms with Crippen molar-refractivity contribution in [3.05, 3.63) is 29.6 Å². The number of benzene rings is 1. The van der Waals surface area contributed by atoms with E-state index in [1.54, 1.807) is 0 Å². The van der Waals surface area contributed by atoms with E-state index in [-0.39, 0.29) is 11.3 Å². The van der Waals surface area contributed by atoms with E-state index >= 15 is 0 Å². The summed E-state index contributed by atoms with van der Waals surface area (Å²) in [5, 5.41) is 0. The Morgan fingerprint density at radius 1 is 1.50 bits per heavy atom. The summed E-state index contributed by atoms with van der Waals surface area (Å²) in [6.07, 6.45) is -2.65. The zero-order valence-corrected chi connectivity index (χ0v) is 8.58. The van der Waals surface area contributed by atoms with Gasteiger partial charge in [0, 0.05) is 12.7 Å². The van der Waals surface area contributed by atoms with Crippen LogP contribution in [0, 0.1) is 5.82 Å². The van der Waals surface area contributed by atoms with Crippen molar-refractivity contribution in [1.82, 2.24) is 4.90 Å². The van der Waals surface area contributed by atoms with Crippen LogP contribution in [0.3, 0.4) is 0 Å². The molecule has 1 aromatic carbocycles. The van der Waals surface area contributed by atoms with Gasteiger partial charge < -0.3 is 10.6 Å². The minimum Gasteiger partial charge on any atom is -0.399 e. The molecule has 0 saturated heterocycles. The third kappa shape index (κ3) is 2.88. The highest BCUT2D eigenvalue weighted by molar-refractivity contribution is 5.95. The van der Waals surface area contributed by atoms with E-state index in [2.05, 4.69) is 0 Å². The highest BCUT2D eigenvalue weighted by Gasteiger charge is 2.19. The Hall–Kier alpha value is -1.72. The van der Waals surface area contributed by atoms with Gasteiger partial charge in [0.25, 0.3) is 12.3 Å². The predicted octanol–water partition coefficient (Wildman–Crippen LogP) is 1.75. The van der Waals surface area contributed by atoms with E-state index in [0.29, 0.717) is 0 Å². The zero-order valence-electron chi connectivity index (χ0n) is 8.58. The van der Waals surface area contributed by atoms with Crippen LogP contribution in [-0.4, -0.2) is 30.8 Å². The van der Waals surface area contributed by atoms with Crippen molar-refractivity contribution < 1.29 is 18.0 Å². The lowest BCUT2D eigenvalue weighted by molar-refractivity contribution is 0.0616. The van der Waals surface area contributed by atoms with Gasteiger partial charge in [-0.05, 0) is 18.2 Å². The average Bonchev–Trinajstić information content (AvgIpc) is 2.19. The maximum Gasteiger partial charge on any atom is 0.256 e. The van der Waals surface area contributed by atoms with Crippen LogP contribution in [0.25, 0.3) is 0 Å². The Morgan fingerprint density at radius 2 is 2.12 bits per heavy atom. The first-order valence-electron chi connectivity index (χ1n) is 4.50. The molecule has 88 valence electrons. The van der Waals surface area contributed by atoms with Crippen molar-refractivity contribution in [2.75, 3.05) is 19.3 Å². The molecule has 0 aromatic heterocycles. The second-order valence-corrected chi connectivity index (χ2v) is 3.32. The Labute approximate surface area is 90.6 Å². The van der Waals surface area contributed by atoms with Crippen molar-refractivity contribution in [3.63, 3.8) is 0 Å². The first kappa shape index (κ1) is 12.4. The third-order valence-electron chi connectivity index (χ3n) is 1.98. The van der Waals surface area contributed by atoms with E-state index in [4.69, 9.17) is 5.73 Å². The van der Waals surface area contributed by atoms with E-state index in [1.807, 2.05) is 0 Å². The van der Waals surface area contributed by atoms with E-state index in [0.717, 1.165) is 17.0 Å². The smallest absolute Gasteiger partial charge is 0.256 e. The van der Waals surface area contributed by atoms with Gasteiger partial charge in [-0.2, -0.15) is 0 Å². The molecular weight excluding hydrogens is 221 g/mol. The second-order valence-electron chi connectivity index (χ2n) is 3.32. The molecule has 1 aromatic rings. The zero-order chi connectivity index (χ0) is 12.3. The number of hydrogen-bond donors (Lipinski definition) is 1. The van der Waals surface area contributed by atoms with Crippen molar-refractivity contribution in [3.8, 4) is 0 Å². The van der Waals surface area contributed by atoms with Gasteiger partial charge in [-0.15, -0.1) is 0 Å². The molecule has 0 aliphatic rings. The molecule has 0 aliphatic heterocycles. The number of carbonyl (C=O) groups is 1. The minimum atomic E-state index is -2.65. The number of nitrogens with two attached hydrogens (primary N) is 1. The summed E-state index contributed by atoms with van der Waals surface area (Å²) in [6.45, 7) is -0.743. The van der Waals surface area contributed by atoms with Gasteiger partial charge in [0.05, 0.1) is 12.1 Å². The number of hydrogen-bond acceptors (Lipinski definition) is 2. The Morgan fingerprint density at radius 3 is 2.69 bits per heavy atom. The SMILES string of the molecule is CN(CC(F)F)C(=O)c1cc(N)ccc1F. The maximum atomic E-state index is 13.2. The summed E-state index contributed by atoms with van der Waals surface area (Å²) >= 11 is 0.